The van der Waals surface area contributed by atoms with Gasteiger partial charge >= 0.3 is 6.18 Å². The summed E-state index contributed by atoms with van der Waals surface area (Å²) in [6.07, 6.45) is -1.78. The van der Waals surface area contributed by atoms with E-state index in [2.05, 4.69) is 24.7 Å². The van der Waals surface area contributed by atoms with Crippen molar-refractivity contribution in [3.05, 3.63) is 28.9 Å². The second-order valence-electron chi connectivity index (χ2n) is 7.25. The Morgan fingerprint density at radius 3 is 2.55 bits per heavy atom. The lowest BCUT2D eigenvalue weighted by molar-refractivity contribution is -0.137. The monoisotopic (exact) mass is 468 g/mol. The summed E-state index contributed by atoms with van der Waals surface area (Å²) < 4.78 is 68.4. The lowest BCUT2D eigenvalue weighted by Crippen LogP contribution is -2.20. The van der Waals surface area contributed by atoms with Crippen molar-refractivity contribution < 1.29 is 21.6 Å². The third-order valence-corrected chi connectivity index (χ3v) is 7.65. The van der Waals surface area contributed by atoms with Crippen LogP contribution in [-0.2, 0) is 23.2 Å². The molecule has 4 aromatic rings. The molecule has 0 aromatic carbocycles. The van der Waals surface area contributed by atoms with E-state index in [-0.39, 0.29) is 27.6 Å². The van der Waals surface area contributed by atoms with Gasteiger partial charge in [0.05, 0.1) is 10.6 Å². The Kier molecular flexibility index (Phi) is 4.37. The second kappa shape index (κ2) is 6.68. The van der Waals surface area contributed by atoms with E-state index >= 15 is 0 Å². The van der Waals surface area contributed by atoms with Gasteiger partial charge < -0.3 is 4.57 Å². The topological polar surface area (TPSA) is 103 Å². The molecule has 0 atom stereocenters. The molecule has 1 fully saturated rings. The Morgan fingerprint density at radius 2 is 1.90 bits per heavy atom. The van der Waals surface area contributed by atoms with Gasteiger partial charge in [-0.3, -0.25) is 0 Å². The molecule has 1 N–H and O–H groups in total. The Labute approximate surface area is 178 Å². The van der Waals surface area contributed by atoms with Gasteiger partial charge in [-0.15, -0.1) is 0 Å². The summed E-state index contributed by atoms with van der Waals surface area (Å²) >= 11 is 1.38. The zero-order valence-electron chi connectivity index (χ0n) is 16.2. The normalized spacial score (nSPS) is 15.3. The molecule has 1 aliphatic rings. The van der Waals surface area contributed by atoms with Crippen LogP contribution in [-0.4, -0.2) is 40.0 Å². The van der Waals surface area contributed by atoms with Crippen molar-refractivity contribution in [3.8, 4) is 11.5 Å². The molecule has 0 saturated heterocycles. The van der Waals surface area contributed by atoms with Gasteiger partial charge in [0.2, 0.25) is 10.0 Å². The van der Waals surface area contributed by atoms with E-state index in [9.17, 15) is 21.6 Å². The number of aryl methyl sites for hydroxylation is 1. The van der Waals surface area contributed by atoms with Crippen LogP contribution in [0.2, 0.25) is 0 Å². The molecule has 0 bridgehead atoms. The molecule has 13 heteroatoms. The predicted octanol–water partition coefficient (Wildman–Crippen LogP) is 3.44. The quantitative estimate of drug-likeness (QED) is 0.492. The molecule has 31 heavy (non-hydrogen) atoms. The largest absolute Gasteiger partial charge is 0.417 e. The highest BCUT2D eigenvalue weighted by Crippen LogP contribution is 2.43. The van der Waals surface area contributed by atoms with Crippen LogP contribution in [0, 0.1) is 0 Å². The molecule has 1 saturated carbocycles. The van der Waals surface area contributed by atoms with Gasteiger partial charge in [0.1, 0.15) is 26.5 Å². The van der Waals surface area contributed by atoms with Crippen molar-refractivity contribution in [2.45, 2.75) is 29.8 Å². The maximum absolute atomic E-state index is 13.1. The van der Waals surface area contributed by atoms with Crippen LogP contribution in [0.1, 0.15) is 29.3 Å². The standard InChI is InChI=1S/C18H15F3N6O2S2/c1-22-31(28,29)12-6-11-17(30-16(25-11)8-3-4-8)26-13(12)15-24-10-5-9(18(19,20)21)7-23-14(10)27(15)2/h5-8,22H,3-4H2,1-2H3. The molecule has 1 aliphatic carbocycles. The van der Waals surface area contributed by atoms with Crippen molar-refractivity contribution in [2.75, 3.05) is 7.05 Å². The highest BCUT2D eigenvalue weighted by atomic mass is 32.2. The van der Waals surface area contributed by atoms with Gasteiger partial charge in [0.25, 0.3) is 0 Å². The summed E-state index contributed by atoms with van der Waals surface area (Å²) in [4.78, 5) is 17.6. The Bertz CT molecular complexity index is 1450. The van der Waals surface area contributed by atoms with E-state index in [0.29, 0.717) is 16.3 Å². The number of aromatic nitrogens is 5. The highest BCUT2D eigenvalue weighted by molar-refractivity contribution is 7.89. The number of fused-ring (bicyclic) bond motifs is 2. The molecule has 162 valence electrons. The summed E-state index contributed by atoms with van der Waals surface area (Å²) in [7, 11) is -1.13. The van der Waals surface area contributed by atoms with Crippen molar-refractivity contribution in [2.24, 2.45) is 7.05 Å². The maximum Gasteiger partial charge on any atom is 0.417 e. The molecule has 0 radical (unpaired) electrons. The Balaban J connectivity index is 1.77. The molecule has 0 spiro atoms. The van der Waals surface area contributed by atoms with Crippen LogP contribution in [0.4, 0.5) is 13.2 Å². The lowest BCUT2D eigenvalue weighted by Gasteiger charge is -2.09. The third kappa shape index (κ3) is 3.36. The van der Waals surface area contributed by atoms with Crippen LogP contribution in [0.25, 0.3) is 33.0 Å². The maximum atomic E-state index is 13.1. The van der Waals surface area contributed by atoms with E-state index in [0.717, 1.165) is 30.1 Å². The van der Waals surface area contributed by atoms with Crippen molar-refractivity contribution in [3.63, 3.8) is 0 Å². The minimum atomic E-state index is -4.57. The van der Waals surface area contributed by atoms with Gasteiger partial charge in [-0.05, 0) is 32.0 Å². The van der Waals surface area contributed by atoms with Crippen molar-refractivity contribution >= 4 is 42.9 Å². The van der Waals surface area contributed by atoms with Gasteiger partial charge in [0, 0.05) is 19.2 Å². The number of nitrogens with zero attached hydrogens (tertiary/aromatic N) is 5. The SMILES string of the molecule is CNS(=O)(=O)c1cc2nc(C3CC3)sc2nc1-c1nc2cc(C(F)(F)F)cnc2n1C. The first-order valence-electron chi connectivity index (χ1n) is 9.23. The Hall–Kier alpha value is -2.64. The number of hydrogen-bond acceptors (Lipinski definition) is 7. The van der Waals surface area contributed by atoms with E-state index in [4.69, 9.17) is 0 Å². The molecular formula is C18H15F3N6O2S2. The fourth-order valence-electron chi connectivity index (χ4n) is 3.29. The molecule has 8 nitrogen and oxygen atoms in total. The molecular weight excluding hydrogens is 453 g/mol. The van der Waals surface area contributed by atoms with Gasteiger partial charge in [-0.1, -0.05) is 11.3 Å². The van der Waals surface area contributed by atoms with Gasteiger partial charge in [0.15, 0.2) is 11.5 Å². The molecule has 0 unspecified atom stereocenters. The third-order valence-electron chi connectivity index (χ3n) is 5.10. The molecule has 5 rings (SSSR count). The first-order valence-corrected chi connectivity index (χ1v) is 11.5. The number of alkyl halides is 3. The predicted molar refractivity (Wildman–Crippen MR) is 108 cm³/mol. The number of halogens is 3. The van der Waals surface area contributed by atoms with E-state index in [1.54, 1.807) is 7.05 Å². The van der Waals surface area contributed by atoms with Crippen LogP contribution < -0.4 is 4.72 Å². The molecule has 0 aliphatic heterocycles. The summed E-state index contributed by atoms with van der Waals surface area (Å²) in [5.41, 5.74) is -0.277. The smallest absolute Gasteiger partial charge is 0.310 e. The average Bonchev–Trinajstić information content (AvgIpc) is 3.40. The fraction of sp³-hybridized carbons (Fsp3) is 0.333. The van der Waals surface area contributed by atoms with E-state index in [1.807, 2.05) is 0 Å². The zero-order valence-corrected chi connectivity index (χ0v) is 17.9. The molecule has 0 amide bonds. The summed E-state index contributed by atoms with van der Waals surface area (Å²) in [6, 6.07) is 2.31. The first-order chi connectivity index (χ1) is 14.6. The number of nitrogens with one attached hydrogen (secondary N) is 1. The van der Waals surface area contributed by atoms with E-state index in [1.165, 1.54) is 29.0 Å². The van der Waals surface area contributed by atoms with E-state index < -0.39 is 21.8 Å². The minimum absolute atomic E-state index is 0.00926. The number of thiazole rings is 1. The summed E-state index contributed by atoms with van der Waals surface area (Å²) in [5, 5.41) is 0.897. The van der Waals surface area contributed by atoms with Crippen LogP contribution in [0.5, 0.6) is 0 Å². The second-order valence-corrected chi connectivity index (χ2v) is 10.1. The van der Waals surface area contributed by atoms with Gasteiger partial charge in [-0.25, -0.2) is 33.1 Å². The minimum Gasteiger partial charge on any atom is -0.310 e. The zero-order chi connectivity index (χ0) is 22.1. The number of sulfonamides is 1. The van der Waals surface area contributed by atoms with Crippen LogP contribution >= 0.6 is 11.3 Å². The van der Waals surface area contributed by atoms with Crippen LogP contribution in [0.3, 0.4) is 0 Å². The number of rotatable bonds is 4. The Morgan fingerprint density at radius 1 is 1.16 bits per heavy atom. The van der Waals surface area contributed by atoms with Gasteiger partial charge in [-0.2, -0.15) is 13.2 Å². The fourth-order valence-corrected chi connectivity index (χ4v) is 5.26. The first kappa shape index (κ1) is 20.3. The number of imidazole rings is 1. The van der Waals surface area contributed by atoms with Crippen LogP contribution in [0.15, 0.2) is 23.2 Å². The summed E-state index contributed by atoms with van der Waals surface area (Å²) in [6.45, 7) is 0. The molecule has 4 heterocycles. The highest BCUT2D eigenvalue weighted by Gasteiger charge is 2.33. The number of hydrogen-bond donors (Lipinski definition) is 1. The lowest BCUT2D eigenvalue weighted by atomic mass is 10.2. The van der Waals surface area contributed by atoms with Crippen molar-refractivity contribution in [1.29, 1.82) is 0 Å². The summed E-state index contributed by atoms with van der Waals surface area (Å²) in [5.74, 6) is 0.465. The van der Waals surface area contributed by atoms with Crippen molar-refractivity contribution in [1.82, 2.24) is 29.2 Å². The number of pyridine rings is 2. The average molecular weight is 468 g/mol. The molecule has 4 aromatic heterocycles.